The highest BCUT2D eigenvalue weighted by atomic mass is 16.1. The molecule has 0 aliphatic rings. The molecule has 0 spiro atoms. The Balaban J connectivity index is 1.84. The van der Waals surface area contributed by atoms with Crippen LogP contribution in [0.5, 0.6) is 0 Å². The Morgan fingerprint density at radius 2 is 2.04 bits per heavy atom. The van der Waals surface area contributed by atoms with Crippen LogP contribution in [0.25, 0.3) is 5.65 Å². The Morgan fingerprint density at radius 1 is 1.26 bits per heavy atom. The number of carbonyl (C=O) groups is 1. The Hall–Kier alpha value is -2.77. The van der Waals surface area contributed by atoms with E-state index in [4.69, 9.17) is 0 Å². The van der Waals surface area contributed by atoms with Gasteiger partial charge in [-0.2, -0.15) is 5.10 Å². The minimum Gasteiger partial charge on any atom is -0.342 e. The first-order chi connectivity index (χ1) is 11.0. The number of rotatable bonds is 4. The van der Waals surface area contributed by atoms with Gasteiger partial charge in [-0.15, -0.1) is 10.2 Å². The highest BCUT2D eigenvalue weighted by Crippen LogP contribution is 2.16. The summed E-state index contributed by atoms with van der Waals surface area (Å²) < 4.78 is 3.54. The highest BCUT2D eigenvalue weighted by molar-refractivity contribution is 5.99. The molecule has 0 fully saturated rings. The molecule has 8 nitrogen and oxygen atoms in total. The lowest BCUT2D eigenvalue weighted by Gasteiger charge is -2.16. The van der Waals surface area contributed by atoms with E-state index in [0.29, 0.717) is 17.0 Å². The molecule has 0 bridgehead atoms. The van der Waals surface area contributed by atoms with Gasteiger partial charge < -0.3 is 9.88 Å². The predicted octanol–water partition coefficient (Wildman–Crippen LogP) is 1.70. The zero-order valence-electron chi connectivity index (χ0n) is 13.6. The first-order valence-electron chi connectivity index (χ1n) is 7.47. The van der Waals surface area contributed by atoms with Crippen molar-refractivity contribution in [2.45, 2.75) is 39.8 Å². The molecule has 23 heavy (non-hydrogen) atoms. The molecule has 1 amide bonds. The maximum atomic E-state index is 12.5. The molecule has 3 heterocycles. The van der Waals surface area contributed by atoms with Crippen molar-refractivity contribution < 1.29 is 4.79 Å². The van der Waals surface area contributed by atoms with E-state index in [1.807, 2.05) is 38.5 Å². The Morgan fingerprint density at radius 3 is 2.78 bits per heavy atom. The molecule has 1 atom stereocenters. The van der Waals surface area contributed by atoms with E-state index in [9.17, 15) is 4.79 Å². The number of hydrogen-bond acceptors (Lipinski definition) is 5. The summed E-state index contributed by atoms with van der Waals surface area (Å²) in [5.41, 5.74) is 1.95. The molecule has 0 aliphatic carbocycles. The fourth-order valence-electron chi connectivity index (χ4n) is 2.43. The number of nitrogens with one attached hydrogen (secondary N) is 1. The van der Waals surface area contributed by atoms with Crippen molar-refractivity contribution in [1.29, 1.82) is 0 Å². The molecular formula is C15H19N7O. The summed E-state index contributed by atoms with van der Waals surface area (Å²) in [6, 6.07) is -0.0474. The molecule has 0 aliphatic heterocycles. The number of carbonyl (C=O) groups excluding carboxylic acids is 1. The van der Waals surface area contributed by atoms with Gasteiger partial charge in [0.2, 0.25) is 0 Å². The van der Waals surface area contributed by atoms with Crippen LogP contribution in [-0.2, 0) is 0 Å². The van der Waals surface area contributed by atoms with Crippen molar-refractivity contribution in [3.05, 3.63) is 41.9 Å². The largest absolute Gasteiger partial charge is 0.342 e. The third-order valence-electron chi connectivity index (χ3n) is 3.62. The van der Waals surface area contributed by atoms with Gasteiger partial charge in [-0.05, 0) is 33.3 Å². The van der Waals surface area contributed by atoms with Gasteiger partial charge in [-0.1, -0.05) is 0 Å². The van der Waals surface area contributed by atoms with Gasteiger partial charge in [0, 0.05) is 18.4 Å². The van der Waals surface area contributed by atoms with Crippen LogP contribution in [0.1, 0.15) is 54.6 Å². The lowest BCUT2D eigenvalue weighted by atomic mass is 10.2. The first kappa shape index (κ1) is 15.1. The Labute approximate surface area is 133 Å². The van der Waals surface area contributed by atoms with Crippen LogP contribution >= 0.6 is 0 Å². The van der Waals surface area contributed by atoms with Crippen LogP contribution in [0.4, 0.5) is 0 Å². The standard InChI is InChI=1S/C15H19N7O/c1-9(2)21-8-17-20-13(21)11(4)19-15(23)12-6-18-22-7-10(3)5-16-14(12)22/h5-9,11H,1-4H3,(H,19,23)/t11-/m0/s1. The zero-order valence-corrected chi connectivity index (χ0v) is 13.6. The smallest absolute Gasteiger partial charge is 0.257 e. The second-order valence-electron chi connectivity index (χ2n) is 5.84. The molecule has 0 aromatic carbocycles. The zero-order chi connectivity index (χ0) is 16.6. The molecular weight excluding hydrogens is 294 g/mol. The average molecular weight is 313 g/mol. The number of aromatic nitrogens is 6. The molecule has 3 aromatic rings. The van der Waals surface area contributed by atoms with Gasteiger partial charge in [0.15, 0.2) is 11.5 Å². The molecule has 0 radical (unpaired) electrons. The Bertz CT molecular complexity index is 849. The third-order valence-corrected chi connectivity index (χ3v) is 3.62. The van der Waals surface area contributed by atoms with Gasteiger partial charge in [-0.3, -0.25) is 4.79 Å². The van der Waals surface area contributed by atoms with Gasteiger partial charge in [0.25, 0.3) is 5.91 Å². The molecule has 120 valence electrons. The third kappa shape index (κ3) is 2.79. The van der Waals surface area contributed by atoms with Crippen LogP contribution in [0.2, 0.25) is 0 Å². The highest BCUT2D eigenvalue weighted by Gasteiger charge is 2.20. The van der Waals surface area contributed by atoms with Crippen LogP contribution < -0.4 is 5.32 Å². The monoisotopic (exact) mass is 313 g/mol. The van der Waals surface area contributed by atoms with Gasteiger partial charge in [0.1, 0.15) is 11.9 Å². The minimum atomic E-state index is -0.271. The molecule has 0 saturated carbocycles. The van der Waals surface area contributed by atoms with E-state index < -0.39 is 0 Å². The molecule has 1 N–H and O–H groups in total. The van der Waals surface area contributed by atoms with E-state index in [-0.39, 0.29) is 18.0 Å². The average Bonchev–Trinajstić information content (AvgIpc) is 3.13. The molecule has 8 heteroatoms. The molecule has 3 rings (SSSR count). The lowest BCUT2D eigenvalue weighted by Crippen LogP contribution is -2.29. The van der Waals surface area contributed by atoms with E-state index >= 15 is 0 Å². The van der Waals surface area contributed by atoms with Crippen molar-refractivity contribution in [3.63, 3.8) is 0 Å². The maximum Gasteiger partial charge on any atom is 0.257 e. The van der Waals surface area contributed by atoms with Crippen molar-refractivity contribution >= 4 is 11.6 Å². The van der Waals surface area contributed by atoms with Crippen molar-refractivity contribution in [3.8, 4) is 0 Å². The van der Waals surface area contributed by atoms with Crippen LogP contribution in [0.15, 0.2) is 24.9 Å². The summed E-state index contributed by atoms with van der Waals surface area (Å²) in [5, 5.41) is 15.1. The van der Waals surface area contributed by atoms with E-state index in [1.165, 1.54) is 6.20 Å². The summed E-state index contributed by atoms with van der Waals surface area (Å²) in [7, 11) is 0. The molecule has 3 aromatic heterocycles. The summed E-state index contributed by atoms with van der Waals surface area (Å²) in [6.45, 7) is 7.89. The maximum absolute atomic E-state index is 12.5. The SMILES string of the molecule is Cc1cnc2c(C(=O)N[C@@H](C)c3nncn3C(C)C)cnn2c1. The van der Waals surface area contributed by atoms with Crippen molar-refractivity contribution in [2.75, 3.05) is 0 Å². The van der Waals surface area contributed by atoms with Gasteiger partial charge >= 0.3 is 0 Å². The fraction of sp³-hybridized carbons (Fsp3) is 0.400. The second kappa shape index (κ2) is 5.79. The fourth-order valence-corrected chi connectivity index (χ4v) is 2.43. The lowest BCUT2D eigenvalue weighted by molar-refractivity contribution is 0.0938. The minimum absolute atomic E-state index is 0.223. The number of nitrogens with zero attached hydrogens (tertiary/aromatic N) is 6. The quantitative estimate of drug-likeness (QED) is 0.792. The van der Waals surface area contributed by atoms with Gasteiger partial charge in [-0.25, -0.2) is 9.50 Å². The predicted molar refractivity (Wildman–Crippen MR) is 84.0 cm³/mol. The summed E-state index contributed by atoms with van der Waals surface area (Å²) in [4.78, 5) is 16.8. The van der Waals surface area contributed by atoms with E-state index in [1.54, 1.807) is 17.0 Å². The van der Waals surface area contributed by atoms with E-state index in [2.05, 4.69) is 25.6 Å². The molecule has 0 unspecified atom stereocenters. The number of amides is 1. The van der Waals surface area contributed by atoms with Crippen LogP contribution in [-0.4, -0.2) is 35.3 Å². The topological polar surface area (TPSA) is 90.0 Å². The van der Waals surface area contributed by atoms with Gasteiger partial charge in [0.05, 0.1) is 12.2 Å². The van der Waals surface area contributed by atoms with Crippen LogP contribution in [0, 0.1) is 6.92 Å². The Kier molecular flexibility index (Phi) is 3.81. The number of fused-ring (bicyclic) bond motifs is 1. The summed E-state index contributed by atoms with van der Waals surface area (Å²) in [6.07, 6.45) is 6.74. The number of hydrogen-bond donors (Lipinski definition) is 1. The summed E-state index contributed by atoms with van der Waals surface area (Å²) >= 11 is 0. The van der Waals surface area contributed by atoms with Crippen molar-refractivity contribution in [2.24, 2.45) is 0 Å². The number of aryl methyl sites for hydroxylation is 1. The summed E-state index contributed by atoms with van der Waals surface area (Å²) in [5.74, 6) is 0.482. The first-order valence-corrected chi connectivity index (χ1v) is 7.47. The molecule has 0 saturated heterocycles. The normalized spacial score (nSPS) is 12.7. The van der Waals surface area contributed by atoms with Crippen LogP contribution in [0.3, 0.4) is 0 Å². The van der Waals surface area contributed by atoms with Crippen molar-refractivity contribution in [1.82, 2.24) is 34.7 Å². The second-order valence-corrected chi connectivity index (χ2v) is 5.84. The van der Waals surface area contributed by atoms with E-state index in [0.717, 1.165) is 5.56 Å².